The maximum absolute atomic E-state index is 14.7. The first-order chi connectivity index (χ1) is 13.2. The predicted octanol–water partition coefficient (Wildman–Crippen LogP) is 3.13. The third-order valence-corrected chi connectivity index (χ3v) is 5.10. The van der Waals surface area contributed by atoms with Crippen LogP contribution in [0.2, 0.25) is 0 Å². The average Bonchev–Trinajstić information content (AvgIpc) is 2.70. The molecule has 7 heteroatoms. The number of carbonyl (C=O) groups excluding carboxylic acids is 1. The first kappa shape index (κ1) is 22.3. The number of rotatable bonds is 7. The number of amides is 1. The molecule has 1 saturated heterocycles. The van der Waals surface area contributed by atoms with Crippen molar-refractivity contribution in [2.75, 3.05) is 19.6 Å². The van der Waals surface area contributed by atoms with Crippen LogP contribution >= 0.6 is 12.4 Å². The lowest BCUT2D eigenvalue weighted by Crippen LogP contribution is -2.46. The van der Waals surface area contributed by atoms with Gasteiger partial charge in [-0.3, -0.25) is 14.7 Å². The Kier molecular flexibility index (Phi) is 8.83. The topological polar surface area (TPSA) is 71.2 Å². The Hall–Kier alpha value is -2.02. The smallest absolute Gasteiger partial charge is 0.221 e. The molecule has 1 aliphatic heterocycles. The highest BCUT2D eigenvalue weighted by Crippen LogP contribution is 2.24. The van der Waals surface area contributed by atoms with E-state index in [0.29, 0.717) is 31.6 Å². The summed E-state index contributed by atoms with van der Waals surface area (Å²) in [5, 5.41) is 2.95. The summed E-state index contributed by atoms with van der Waals surface area (Å²) < 4.78 is 14.7. The van der Waals surface area contributed by atoms with E-state index in [1.54, 1.807) is 18.5 Å². The summed E-state index contributed by atoms with van der Waals surface area (Å²) in [7, 11) is 0. The van der Waals surface area contributed by atoms with Gasteiger partial charge < -0.3 is 11.1 Å². The second-order valence-corrected chi connectivity index (χ2v) is 7.00. The van der Waals surface area contributed by atoms with Crippen molar-refractivity contribution < 1.29 is 9.18 Å². The Balaban J connectivity index is 0.00000280. The minimum absolute atomic E-state index is 0. The Morgan fingerprint density at radius 3 is 2.71 bits per heavy atom. The first-order valence-electron chi connectivity index (χ1n) is 9.57. The van der Waals surface area contributed by atoms with Crippen LogP contribution in [0.1, 0.15) is 31.2 Å². The molecule has 1 aliphatic rings. The number of halogens is 2. The van der Waals surface area contributed by atoms with Crippen LogP contribution in [0.25, 0.3) is 11.1 Å². The molecule has 1 fully saturated rings. The van der Waals surface area contributed by atoms with Gasteiger partial charge in [-0.05, 0) is 48.7 Å². The van der Waals surface area contributed by atoms with E-state index in [2.05, 4.69) is 15.2 Å². The van der Waals surface area contributed by atoms with E-state index in [4.69, 9.17) is 5.73 Å². The van der Waals surface area contributed by atoms with Gasteiger partial charge in [0.2, 0.25) is 5.91 Å². The van der Waals surface area contributed by atoms with Crippen molar-refractivity contribution in [3.05, 3.63) is 54.1 Å². The van der Waals surface area contributed by atoms with Crippen molar-refractivity contribution in [1.29, 1.82) is 0 Å². The van der Waals surface area contributed by atoms with Gasteiger partial charge in [0.1, 0.15) is 5.82 Å². The molecule has 0 radical (unpaired) electrons. The number of likely N-dealkylation sites (tertiary alicyclic amines) is 1. The van der Waals surface area contributed by atoms with Crippen LogP contribution < -0.4 is 11.1 Å². The van der Waals surface area contributed by atoms with E-state index in [1.807, 2.05) is 24.3 Å². The van der Waals surface area contributed by atoms with E-state index >= 15 is 0 Å². The number of hydrogen-bond acceptors (Lipinski definition) is 4. The van der Waals surface area contributed by atoms with E-state index in [0.717, 1.165) is 36.9 Å². The standard InChI is InChI=1S/C21H27FN4O.ClH/c22-20-13-17(16-7-10-24-11-8-16)4-5-18(20)15-26-12-2-1-3-19(26)14-25-21(27)6-9-23;/h4-5,7-8,10-11,13,19H,1-3,6,9,12,14-15,23H2,(H,25,27);1H. The van der Waals surface area contributed by atoms with Crippen LogP contribution in [0, 0.1) is 5.82 Å². The molecule has 2 heterocycles. The van der Waals surface area contributed by atoms with Gasteiger partial charge in [-0.15, -0.1) is 12.4 Å². The zero-order valence-electron chi connectivity index (χ0n) is 15.9. The molecule has 0 aliphatic carbocycles. The Morgan fingerprint density at radius 1 is 1.21 bits per heavy atom. The maximum Gasteiger partial charge on any atom is 0.221 e. The highest BCUT2D eigenvalue weighted by Gasteiger charge is 2.23. The lowest BCUT2D eigenvalue weighted by molar-refractivity contribution is -0.121. The number of hydrogen-bond donors (Lipinski definition) is 2. The summed E-state index contributed by atoms with van der Waals surface area (Å²) in [6, 6.07) is 9.39. The number of pyridine rings is 1. The molecule has 0 saturated carbocycles. The summed E-state index contributed by atoms with van der Waals surface area (Å²) in [6.45, 7) is 2.42. The monoisotopic (exact) mass is 406 g/mol. The van der Waals surface area contributed by atoms with E-state index in [9.17, 15) is 9.18 Å². The van der Waals surface area contributed by atoms with Gasteiger partial charge in [0.25, 0.3) is 0 Å². The van der Waals surface area contributed by atoms with Gasteiger partial charge >= 0.3 is 0 Å². The molecule has 3 N–H and O–H groups in total. The fourth-order valence-corrected chi connectivity index (χ4v) is 3.57. The molecule has 152 valence electrons. The van der Waals surface area contributed by atoms with Crippen molar-refractivity contribution in [1.82, 2.24) is 15.2 Å². The second kappa shape index (κ2) is 11.1. The molecular formula is C21H28ClFN4O. The minimum atomic E-state index is -0.194. The van der Waals surface area contributed by atoms with Crippen molar-refractivity contribution >= 4 is 18.3 Å². The second-order valence-electron chi connectivity index (χ2n) is 7.00. The molecule has 1 aromatic carbocycles. The quantitative estimate of drug-likeness (QED) is 0.741. The number of nitrogens with two attached hydrogens (primary N) is 1. The molecule has 0 spiro atoms. The lowest BCUT2D eigenvalue weighted by Gasteiger charge is -2.36. The zero-order valence-corrected chi connectivity index (χ0v) is 16.8. The molecule has 28 heavy (non-hydrogen) atoms. The lowest BCUT2D eigenvalue weighted by atomic mass is 9.99. The molecule has 5 nitrogen and oxygen atoms in total. The van der Waals surface area contributed by atoms with Gasteiger partial charge in [0, 0.05) is 50.1 Å². The van der Waals surface area contributed by atoms with Crippen LogP contribution in [0.3, 0.4) is 0 Å². The maximum atomic E-state index is 14.7. The van der Waals surface area contributed by atoms with Crippen LogP contribution in [-0.2, 0) is 11.3 Å². The molecule has 1 aromatic heterocycles. The highest BCUT2D eigenvalue weighted by molar-refractivity contribution is 5.85. The summed E-state index contributed by atoms with van der Waals surface area (Å²) in [5.74, 6) is -0.211. The van der Waals surface area contributed by atoms with Crippen molar-refractivity contribution in [2.24, 2.45) is 5.73 Å². The number of benzene rings is 1. The molecule has 3 rings (SSSR count). The van der Waals surface area contributed by atoms with Gasteiger partial charge in [0.05, 0.1) is 0 Å². The average molecular weight is 407 g/mol. The van der Waals surface area contributed by atoms with Crippen molar-refractivity contribution in [3.63, 3.8) is 0 Å². The van der Waals surface area contributed by atoms with Gasteiger partial charge in [-0.25, -0.2) is 4.39 Å². The largest absolute Gasteiger partial charge is 0.354 e. The molecule has 1 atom stereocenters. The Bertz CT molecular complexity index is 759. The highest BCUT2D eigenvalue weighted by atomic mass is 35.5. The number of nitrogens with zero attached hydrogens (tertiary/aromatic N) is 2. The van der Waals surface area contributed by atoms with Crippen LogP contribution in [0.5, 0.6) is 0 Å². The van der Waals surface area contributed by atoms with Gasteiger partial charge in [0.15, 0.2) is 0 Å². The van der Waals surface area contributed by atoms with Crippen LogP contribution in [0.4, 0.5) is 4.39 Å². The Labute approximate surface area is 171 Å². The SMILES string of the molecule is Cl.NCCC(=O)NCC1CCCCN1Cc1ccc(-c2ccncc2)cc1F. The third kappa shape index (κ3) is 5.99. The molecule has 1 unspecified atom stereocenters. The van der Waals surface area contributed by atoms with E-state index < -0.39 is 0 Å². The third-order valence-electron chi connectivity index (χ3n) is 5.10. The fourth-order valence-electron chi connectivity index (χ4n) is 3.57. The Morgan fingerprint density at radius 2 is 2.00 bits per heavy atom. The van der Waals surface area contributed by atoms with Gasteiger partial charge in [-0.2, -0.15) is 0 Å². The number of nitrogens with one attached hydrogen (secondary N) is 1. The summed E-state index contributed by atoms with van der Waals surface area (Å²) in [6.07, 6.45) is 7.01. The van der Waals surface area contributed by atoms with Crippen LogP contribution in [-0.4, -0.2) is 41.5 Å². The normalized spacial score (nSPS) is 17.0. The number of piperidine rings is 1. The summed E-state index contributed by atoms with van der Waals surface area (Å²) in [5.41, 5.74) is 7.91. The number of aromatic nitrogens is 1. The zero-order chi connectivity index (χ0) is 19.1. The summed E-state index contributed by atoms with van der Waals surface area (Å²) >= 11 is 0. The van der Waals surface area contributed by atoms with Crippen molar-refractivity contribution in [2.45, 2.75) is 38.3 Å². The predicted molar refractivity (Wildman–Crippen MR) is 112 cm³/mol. The summed E-state index contributed by atoms with van der Waals surface area (Å²) in [4.78, 5) is 18.0. The van der Waals surface area contributed by atoms with Gasteiger partial charge in [-0.1, -0.05) is 18.6 Å². The fraction of sp³-hybridized carbons (Fsp3) is 0.429. The molecule has 1 amide bonds. The molecule has 2 aromatic rings. The van der Waals surface area contributed by atoms with E-state index in [1.165, 1.54) is 0 Å². The number of carbonyl (C=O) groups is 1. The van der Waals surface area contributed by atoms with E-state index in [-0.39, 0.29) is 30.2 Å². The minimum Gasteiger partial charge on any atom is -0.354 e. The molecular weight excluding hydrogens is 379 g/mol. The molecule has 0 bridgehead atoms. The van der Waals surface area contributed by atoms with Crippen LogP contribution in [0.15, 0.2) is 42.7 Å². The van der Waals surface area contributed by atoms with Crippen molar-refractivity contribution in [3.8, 4) is 11.1 Å². The first-order valence-corrected chi connectivity index (χ1v) is 9.57.